The minimum atomic E-state index is -3.44. The Morgan fingerprint density at radius 2 is 2.00 bits per heavy atom. The van der Waals surface area contributed by atoms with E-state index in [0.29, 0.717) is 31.9 Å². The fourth-order valence-corrected chi connectivity index (χ4v) is 5.09. The molecule has 1 aromatic carbocycles. The standard InChI is InChI=1S/C19H28FNO3S/c1-5-19(3,4)25(22,23)21-9-8-15-10-17(20)18(11-16(15)13(21)2)24-12-14-6-7-14/h10-11,13-14H,5-9,12H2,1-4H3/t13-/m1/s1. The van der Waals surface area contributed by atoms with Crippen LogP contribution in [0.25, 0.3) is 0 Å². The quantitative estimate of drug-likeness (QED) is 0.760. The molecule has 0 N–H and O–H groups in total. The number of nitrogens with zero attached hydrogens (tertiary/aromatic N) is 1. The molecule has 2 aliphatic rings. The van der Waals surface area contributed by atoms with Crippen molar-refractivity contribution in [3.05, 3.63) is 29.1 Å². The number of fused-ring (bicyclic) bond motifs is 1. The highest BCUT2D eigenvalue weighted by Crippen LogP contribution is 2.39. The van der Waals surface area contributed by atoms with Crippen molar-refractivity contribution in [1.29, 1.82) is 0 Å². The van der Waals surface area contributed by atoms with E-state index in [2.05, 4.69) is 0 Å². The van der Waals surface area contributed by atoms with Crippen LogP contribution >= 0.6 is 0 Å². The number of benzene rings is 1. The maximum atomic E-state index is 14.3. The molecule has 0 aromatic heterocycles. The molecule has 1 atom stereocenters. The highest BCUT2D eigenvalue weighted by Gasteiger charge is 2.42. The van der Waals surface area contributed by atoms with E-state index in [1.165, 1.54) is 6.07 Å². The molecule has 1 saturated carbocycles. The molecule has 3 rings (SSSR count). The summed E-state index contributed by atoms with van der Waals surface area (Å²) in [4.78, 5) is 0. The summed E-state index contributed by atoms with van der Waals surface area (Å²) in [5.74, 6) is 0.429. The van der Waals surface area contributed by atoms with E-state index in [1.54, 1.807) is 24.2 Å². The van der Waals surface area contributed by atoms with Crippen molar-refractivity contribution in [3.63, 3.8) is 0 Å². The maximum Gasteiger partial charge on any atom is 0.219 e. The zero-order valence-corrected chi connectivity index (χ0v) is 16.3. The first-order chi connectivity index (χ1) is 11.7. The van der Waals surface area contributed by atoms with Crippen molar-refractivity contribution in [2.24, 2.45) is 5.92 Å². The third-order valence-electron chi connectivity index (χ3n) is 5.71. The van der Waals surface area contributed by atoms with Gasteiger partial charge in [0.05, 0.1) is 11.4 Å². The van der Waals surface area contributed by atoms with E-state index in [0.717, 1.165) is 24.0 Å². The van der Waals surface area contributed by atoms with Crippen LogP contribution in [0.3, 0.4) is 0 Å². The molecular formula is C19H28FNO3S. The van der Waals surface area contributed by atoms with Crippen molar-refractivity contribution in [2.75, 3.05) is 13.2 Å². The van der Waals surface area contributed by atoms with E-state index in [1.807, 2.05) is 13.8 Å². The van der Waals surface area contributed by atoms with Gasteiger partial charge in [0.25, 0.3) is 0 Å². The summed E-state index contributed by atoms with van der Waals surface area (Å²) >= 11 is 0. The van der Waals surface area contributed by atoms with E-state index >= 15 is 0 Å². The van der Waals surface area contributed by atoms with Crippen LogP contribution in [0, 0.1) is 11.7 Å². The summed E-state index contributed by atoms with van der Waals surface area (Å²) in [5.41, 5.74) is 1.73. The van der Waals surface area contributed by atoms with E-state index in [4.69, 9.17) is 4.74 Å². The maximum absolute atomic E-state index is 14.3. The van der Waals surface area contributed by atoms with Gasteiger partial charge in [-0.25, -0.2) is 12.8 Å². The lowest BCUT2D eigenvalue weighted by Crippen LogP contribution is -2.48. The van der Waals surface area contributed by atoms with Crippen molar-refractivity contribution in [3.8, 4) is 5.75 Å². The predicted molar refractivity (Wildman–Crippen MR) is 96.7 cm³/mol. The molecule has 140 valence electrons. The van der Waals surface area contributed by atoms with Crippen molar-refractivity contribution in [2.45, 2.75) is 64.2 Å². The largest absolute Gasteiger partial charge is 0.490 e. The van der Waals surface area contributed by atoms with E-state index in [-0.39, 0.29) is 17.6 Å². The fraction of sp³-hybridized carbons (Fsp3) is 0.684. The van der Waals surface area contributed by atoms with Crippen LogP contribution in [-0.4, -0.2) is 30.6 Å². The first-order valence-corrected chi connectivity index (χ1v) is 10.6. The minimum absolute atomic E-state index is 0.242. The van der Waals surface area contributed by atoms with Crippen LogP contribution in [0.15, 0.2) is 12.1 Å². The van der Waals surface area contributed by atoms with Gasteiger partial charge < -0.3 is 4.74 Å². The van der Waals surface area contributed by atoms with Crippen LogP contribution in [0.4, 0.5) is 4.39 Å². The van der Waals surface area contributed by atoms with E-state index in [9.17, 15) is 12.8 Å². The molecule has 0 spiro atoms. The predicted octanol–water partition coefficient (Wildman–Crippen LogP) is 4.05. The lowest BCUT2D eigenvalue weighted by atomic mass is 9.95. The molecular weight excluding hydrogens is 341 g/mol. The van der Waals surface area contributed by atoms with Gasteiger partial charge in [-0.15, -0.1) is 0 Å². The van der Waals surface area contributed by atoms with Crippen LogP contribution < -0.4 is 4.74 Å². The van der Waals surface area contributed by atoms with Gasteiger partial charge in [0.15, 0.2) is 11.6 Å². The summed E-state index contributed by atoms with van der Waals surface area (Å²) in [7, 11) is -3.44. The van der Waals surface area contributed by atoms with Gasteiger partial charge in [0.1, 0.15) is 0 Å². The van der Waals surface area contributed by atoms with Crippen molar-refractivity contribution in [1.82, 2.24) is 4.31 Å². The highest BCUT2D eigenvalue weighted by molar-refractivity contribution is 7.90. The number of ether oxygens (including phenoxy) is 1. The fourth-order valence-electron chi connectivity index (χ4n) is 3.23. The summed E-state index contributed by atoms with van der Waals surface area (Å²) in [6.45, 7) is 8.22. The Balaban J connectivity index is 1.90. The second kappa shape index (κ2) is 6.54. The molecule has 1 aromatic rings. The Morgan fingerprint density at radius 3 is 2.60 bits per heavy atom. The van der Waals surface area contributed by atoms with Crippen molar-refractivity contribution >= 4 is 10.0 Å². The number of halogens is 1. The second-order valence-corrected chi connectivity index (χ2v) is 10.4. The lowest BCUT2D eigenvalue weighted by molar-refractivity contribution is 0.279. The number of sulfonamides is 1. The van der Waals surface area contributed by atoms with Gasteiger partial charge in [0, 0.05) is 12.6 Å². The van der Waals surface area contributed by atoms with Crippen molar-refractivity contribution < 1.29 is 17.5 Å². The third-order valence-corrected chi connectivity index (χ3v) is 8.51. The Bertz CT molecular complexity index is 756. The van der Waals surface area contributed by atoms with Gasteiger partial charge in [-0.2, -0.15) is 4.31 Å². The molecule has 25 heavy (non-hydrogen) atoms. The third kappa shape index (κ3) is 3.43. The number of hydrogen-bond donors (Lipinski definition) is 0. The zero-order chi connectivity index (χ0) is 18.4. The summed E-state index contributed by atoms with van der Waals surface area (Å²) in [5, 5.41) is 0. The lowest BCUT2D eigenvalue weighted by Gasteiger charge is -2.39. The summed E-state index contributed by atoms with van der Waals surface area (Å²) in [6, 6.07) is 2.91. The number of hydrogen-bond acceptors (Lipinski definition) is 3. The Morgan fingerprint density at radius 1 is 1.32 bits per heavy atom. The Kier molecular flexibility index (Phi) is 4.88. The molecule has 1 aliphatic carbocycles. The molecule has 1 heterocycles. The van der Waals surface area contributed by atoms with Gasteiger partial charge in [0.2, 0.25) is 10.0 Å². The van der Waals surface area contributed by atoms with Gasteiger partial charge in [-0.1, -0.05) is 6.92 Å². The molecule has 0 saturated heterocycles. The normalized spacial score (nSPS) is 21.9. The Labute approximate surface area is 150 Å². The Hall–Kier alpha value is -1.14. The van der Waals surface area contributed by atoms with Gasteiger partial charge >= 0.3 is 0 Å². The molecule has 0 amide bonds. The minimum Gasteiger partial charge on any atom is -0.490 e. The molecule has 1 fully saturated rings. The smallest absolute Gasteiger partial charge is 0.219 e. The monoisotopic (exact) mass is 369 g/mol. The van der Waals surface area contributed by atoms with Crippen LogP contribution in [-0.2, 0) is 16.4 Å². The van der Waals surface area contributed by atoms with Gasteiger partial charge in [-0.3, -0.25) is 0 Å². The molecule has 0 radical (unpaired) electrons. The zero-order valence-electron chi connectivity index (χ0n) is 15.5. The first-order valence-electron chi connectivity index (χ1n) is 9.14. The summed E-state index contributed by atoms with van der Waals surface area (Å²) < 4.78 is 46.8. The number of rotatable bonds is 6. The summed E-state index contributed by atoms with van der Waals surface area (Å²) in [6.07, 6.45) is 3.35. The van der Waals surface area contributed by atoms with Crippen LogP contribution in [0.1, 0.15) is 64.1 Å². The second-order valence-electron chi connectivity index (χ2n) is 7.89. The molecule has 1 aliphatic heterocycles. The van der Waals surface area contributed by atoms with E-state index < -0.39 is 14.8 Å². The average molecular weight is 370 g/mol. The molecule has 6 heteroatoms. The highest BCUT2D eigenvalue weighted by atomic mass is 32.2. The molecule has 0 bridgehead atoms. The molecule has 0 unspecified atom stereocenters. The first kappa shape index (κ1) is 18.6. The van der Waals surface area contributed by atoms with Crippen LogP contribution in [0.5, 0.6) is 5.75 Å². The van der Waals surface area contributed by atoms with Gasteiger partial charge in [-0.05, 0) is 75.6 Å². The molecule has 4 nitrogen and oxygen atoms in total. The average Bonchev–Trinajstić information content (AvgIpc) is 3.37. The SMILES string of the molecule is CCC(C)(C)S(=O)(=O)N1CCc2cc(F)c(OCC3CC3)cc2[C@H]1C. The topological polar surface area (TPSA) is 46.6 Å². The van der Waals surface area contributed by atoms with Crippen LogP contribution in [0.2, 0.25) is 0 Å².